The van der Waals surface area contributed by atoms with E-state index in [2.05, 4.69) is 27.1 Å². The van der Waals surface area contributed by atoms with Gasteiger partial charge in [0.1, 0.15) is 25.9 Å². The largest absolute Gasteiger partial charge is 0.486 e. The fourth-order valence-electron chi connectivity index (χ4n) is 4.75. The molecule has 0 spiro atoms. The number of aliphatic hydroxyl groups excluding tert-OH is 1. The molecule has 0 radical (unpaired) electrons. The minimum atomic E-state index is -0.341. The first-order chi connectivity index (χ1) is 12.8. The number of aromatic nitrogens is 3. The van der Waals surface area contributed by atoms with Crippen LogP contribution in [0, 0.1) is 11.8 Å². The summed E-state index contributed by atoms with van der Waals surface area (Å²) in [7, 11) is 0. The van der Waals surface area contributed by atoms with Crippen molar-refractivity contribution in [3.8, 4) is 11.5 Å². The molecule has 0 amide bonds. The first kappa shape index (κ1) is 16.1. The lowest BCUT2D eigenvalue weighted by molar-refractivity contribution is 0.0304. The number of rotatable bonds is 3. The molecule has 1 N–H and O–H groups in total. The molecule has 4 atom stereocenters. The predicted molar refractivity (Wildman–Crippen MR) is 94.0 cm³/mol. The molecule has 26 heavy (non-hydrogen) atoms. The van der Waals surface area contributed by atoms with Crippen LogP contribution in [0.4, 0.5) is 0 Å². The smallest absolute Gasteiger partial charge is 0.161 e. The molecule has 1 aliphatic carbocycles. The Labute approximate surface area is 152 Å². The number of aliphatic hydroxyl groups is 1. The van der Waals surface area contributed by atoms with Crippen LogP contribution in [-0.2, 0) is 6.54 Å². The second-order valence-electron chi connectivity index (χ2n) is 7.67. The molecule has 0 bridgehead atoms. The Hall–Kier alpha value is -2.12. The topological polar surface area (TPSA) is 72.6 Å². The van der Waals surface area contributed by atoms with Crippen molar-refractivity contribution >= 4 is 0 Å². The molecule has 3 aliphatic rings. The maximum Gasteiger partial charge on any atom is 0.161 e. The van der Waals surface area contributed by atoms with Crippen LogP contribution < -0.4 is 9.47 Å². The number of nitrogens with zero attached hydrogens (tertiary/aromatic N) is 4. The quantitative estimate of drug-likeness (QED) is 0.898. The average Bonchev–Trinajstić information content (AvgIpc) is 3.30. The SMILES string of the molecule is O[C@@H]1C[C@H]2CN(Cc3ccc4c(c3)OCCO4)C[C@H]2C[C@H]1n1cncn1. The molecule has 7 heteroatoms. The fraction of sp³-hybridized carbons (Fsp3) is 0.579. The lowest BCUT2D eigenvalue weighted by Crippen LogP contribution is -2.36. The molecular weight excluding hydrogens is 332 g/mol. The van der Waals surface area contributed by atoms with Crippen LogP contribution in [0.1, 0.15) is 24.4 Å². The predicted octanol–water partition coefficient (Wildman–Crippen LogP) is 1.49. The summed E-state index contributed by atoms with van der Waals surface area (Å²) in [6.45, 7) is 4.26. The van der Waals surface area contributed by atoms with Gasteiger partial charge in [-0.3, -0.25) is 4.90 Å². The summed E-state index contributed by atoms with van der Waals surface area (Å²) in [5.74, 6) is 2.85. The molecule has 7 nitrogen and oxygen atoms in total. The normalized spacial score (nSPS) is 31.0. The number of ether oxygens (including phenoxy) is 2. The first-order valence-electron chi connectivity index (χ1n) is 9.39. The number of hydrogen-bond acceptors (Lipinski definition) is 6. The highest BCUT2D eigenvalue weighted by atomic mass is 16.6. The van der Waals surface area contributed by atoms with Crippen molar-refractivity contribution in [2.45, 2.75) is 31.5 Å². The Kier molecular flexibility index (Phi) is 4.05. The maximum absolute atomic E-state index is 10.6. The third-order valence-corrected chi connectivity index (χ3v) is 5.97. The molecule has 2 aromatic rings. The number of likely N-dealkylation sites (tertiary alicyclic amines) is 1. The van der Waals surface area contributed by atoms with Gasteiger partial charge < -0.3 is 14.6 Å². The monoisotopic (exact) mass is 356 g/mol. The van der Waals surface area contributed by atoms with Crippen LogP contribution >= 0.6 is 0 Å². The van der Waals surface area contributed by atoms with E-state index >= 15 is 0 Å². The average molecular weight is 356 g/mol. The Balaban J connectivity index is 1.26. The van der Waals surface area contributed by atoms with Gasteiger partial charge >= 0.3 is 0 Å². The van der Waals surface area contributed by atoms with Gasteiger partial charge in [-0.2, -0.15) is 5.10 Å². The van der Waals surface area contributed by atoms with Crippen molar-refractivity contribution in [1.29, 1.82) is 0 Å². The van der Waals surface area contributed by atoms with E-state index in [1.165, 1.54) is 5.56 Å². The van der Waals surface area contributed by atoms with Crippen LogP contribution in [-0.4, -0.2) is 57.2 Å². The van der Waals surface area contributed by atoms with E-state index in [1.807, 2.05) is 10.7 Å². The Morgan fingerprint density at radius 3 is 2.69 bits per heavy atom. The standard InChI is InChI=1S/C19H24N4O3/c24-17-7-15-10-22(9-14(15)6-16(17)23-12-20-11-21-23)8-13-1-2-18-19(5-13)26-4-3-25-18/h1-2,5,11-12,14-17,24H,3-4,6-10H2/t14-,15+,16-,17-/m1/s1. The molecule has 2 fully saturated rings. The van der Waals surface area contributed by atoms with E-state index < -0.39 is 0 Å². The van der Waals surface area contributed by atoms with Crippen molar-refractivity contribution in [2.75, 3.05) is 26.3 Å². The van der Waals surface area contributed by atoms with E-state index in [4.69, 9.17) is 9.47 Å². The van der Waals surface area contributed by atoms with E-state index in [1.54, 1.807) is 12.7 Å². The van der Waals surface area contributed by atoms with E-state index in [0.717, 1.165) is 44.0 Å². The number of hydrogen-bond donors (Lipinski definition) is 1. The lowest BCUT2D eigenvalue weighted by Gasteiger charge is -2.35. The van der Waals surface area contributed by atoms with Crippen molar-refractivity contribution in [3.63, 3.8) is 0 Å². The van der Waals surface area contributed by atoms with E-state index in [0.29, 0.717) is 25.0 Å². The summed E-state index contributed by atoms with van der Waals surface area (Å²) in [6.07, 6.45) is 4.73. The third kappa shape index (κ3) is 2.95. The van der Waals surface area contributed by atoms with E-state index in [9.17, 15) is 5.11 Å². The molecule has 0 unspecified atom stereocenters. The zero-order valence-electron chi connectivity index (χ0n) is 14.7. The summed E-state index contributed by atoms with van der Waals surface area (Å²) in [6, 6.07) is 6.29. The molecular formula is C19H24N4O3. The van der Waals surface area contributed by atoms with Gasteiger partial charge in [0.05, 0.1) is 12.1 Å². The summed E-state index contributed by atoms with van der Waals surface area (Å²) in [5, 5.41) is 14.8. The highest BCUT2D eigenvalue weighted by Crippen LogP contribution is 2.41. The van der Waals surface area contributed by atoms with Crippen LogP contribution in [0.5, 0.6) is 11.5 Å². The van der Waals surface area contributed by atoms with Crippen molar-refractivity contribution in [3.05, 3.63) is 36.4 Å². The van der Waals surface area contributed by atoms with Gasteiger partial charge in [0.15, 0.2) is 11.5 Å². The van der Waals surface area contributed by atoms with Crippen molar-refractivity contribution < 1.29 is 14.6 Å². The summed E-state index contributed by atoms with van der Waals surface area (Å²) < 4.78 is 13.1. The third-order valence-electron chi connectivity index (χ3n) is 5.97. The van der Waals surface area contributed by atoms with Gasteiger partial charge in [0, 0.05) is 19.6 Å². The van der Waals surface area contributed by atoms with Crippen LogP contribution in [0.3, 0.4) is 0 Å². The molecule has 138 valence electrons. The highest BCUT2D eigenvalue weighted by molar-refractivity contribution is 5.43. The summed E-state index contributed by atoms with van der Waals surface area (Å²) in [5.41, 5.74) is 1.25. The fourth-order valence-corrected chi connectivity index (χ4v) is 4.75. The molecule has 1 aromatic heterocycles. The second-order valence-corrected chi connectivity index (χ2v) is 7.67. The molecule has 2 aliphatic heterocycles. The van der Waals surface area contributed by atoms with Crippen molar-refractivity contribution in [1.82, 2.24) is 19.7 Å². The maximum atomic E-state index is 10.6. The van der Waals surface area contributed by atoms with Gasteiger partial charge in [0.2, 0.25) is 0 Å². The minimum absolute atomic E-state index is 0.0491. The second kappa shape index (κ2) is 6.55. The first-order valence-corrected chi connectivity index (χ1v) is 9.39. The minimum Gasteiger partial charge on any atom is -0.486 e. The van der Waals surface area contributed by atoms with Gasteiger partial charge in [-0.1, -0.05) is 6.07 Å². The Morgan fingerprint density at radius 2 is 1.88 bits per heavy atom. The molecule has 1 aromatic carbocycles. The van der Waals surface area contributed by atoms with Gasteiger partial charge in [0.25, 0.3) is 0 Å². The van der Waals surface area contributed by atoms with Gasteiger partial charge in [-0.05, 0) is 42.4 Å². The van der Waals surface area contributed by atoms with Crippen LogP contribution in [0.25, 0.3) is 0 Å². The van der Waals surface area contributed by atoms with Crippen LogP contribution in [0.2, 0.25) is 0 Å². The highest BCUT2D eigenvalue weighted by Gasteiger charge is 2.42. The Morgan fingerprint density at radius 1 is 1.08 bits per heavy atom. The Bertz CT molecular complexity index is 766. The zero-order valence-corrected chi connectivity index (χ0v) is 14.7. The van der Waals surface area contributed by atoms with Gasteiger partial charge in [-0.25, -0.2) is 9.67 Å². The molecule has 1 saturated carbocycles. The summed E-state index contributed by atoms with van der Waals surface area (Å²) in [4.78, 5) is 6.53. The zero-order chi connectivity index (χ0) is 17.5. The molecule has 3 heterocycles. The summed E-state index contributed by atoms with van der Waals surface area (Å²) >= 11 is 0. The molecule has 1 saturated heterocycles. The van der Waals surface area contributed by atoms with Crippen LogP contribution in [0.15, 0.2) is 30.9 Å². The van der Waals surface area contributed by atoms with Crippen molar-refractivity contribution in [2.24, 2.45) is 11.8 Å². The molecule has 5 rings (SSSR count). The van der Waals surface area contributed by atoms with Gasteiger partial charge in [-0.15, -0.1) is 0 Å². The number of benzene rings is 1. The van der Waals surface area contributed by atoms with E-state index in [-0.39, 0.29) is 12.1 Å². The lowest BCUT2D eigenvalue weighted by atomic mass is 9.77. The number of fused-ring (bicyclic) bond motifs is 2.